The molecule has 1 aromatic heterocycles. The van der Waals surface area contributed by atoms with Crippen molar-refractivity contribution >= 4 is 49.7 Å². The van der Waals surface area contributed by atoms with Crippen molar-refractivity contribution in [1.29, 1.82) is 0 Å². The fourth-order valence-electron chi connectivity index (χ4n) is 3.71. The highest BCUT2D eigenvalue weighted by molar-refractivity contribution is 7.89. The normalized spacial score (nSPS) is 14.8. The van der Waals surface area contributed by atoms with Gasteiger partial charge < -0.3 is 19.1 Å². The molecule has 34 heavy (non-hydrogen) atoms. The molecule has 1 saturated heterocycles. The topological polar surface area (TPSA) is 81.2 Å². The number of rotatable bonds is 7. The summed E-state index contributed by atoms with van der Waals surface area (Å²) in [5.74, 6) is 1.61. The Morgan fingerprint density at radius 1 is 0.941 bits per heavy atom. The Kier molecular flexibility index (Phi) is 7.44. The van der Waals surface area contributed by atoms with E-state index in [-0.39, 0.29) is 9.92 Å². The van der Waals surface area contributed by atoms with E-state index < -0.39 is 10.0 Å². The summed E-state index contributed by atoms with van der Waals surface area (Å²) in [5, 5.41) is 3.27. The molecule has 1 fully saturated rings. The van der Waals surface area contributed by atoms with Gasteiger partial charge in [0.05, 0.1) is 32.0 Å². The van der Waals surface area contributed by atoms with Gasteiger partial charge in [-0.05, 0) is 30.3 Å². The first-order valence-electron chi connectivity index (χ1n) is 10.2. The van der Waals surface area contributed by atoms with Gasteiger partial charge in [0.2, 0.25) is 15.8 Å². The number of ether oxygens (including phenoxy) is 3. The lowest BCUT2D eigenvalue weighted by molar-refractivity contribution is 0.324. The zero-order valence-electron chi connectivity index (χ0n) is 18.7. The molecular weight excluding hydrogens is 521 g/mol. The third-order valence-electron chi connectivity index (χ3n) is 5.47. The predicted octanol–water partition coefficient (Wildman–Crippen LogP) is 4.65. The van der Waals surface area contributed by atoms with E-state index in [0.717, 1.165) is 16.4 Å². The molecule has 12 heteroatoms. The molecule has 0 amide bonds. The Morgan fingerprint density at radius 2 is 1.59 bits per heavy atom. The van der Waals surface area contributed by atoms with Crippen molar-refractivity contribution < 1.29 is 22.6 Å². The first-order chi connectivity index (χ1) is 16.3. The second kappa shape index (κ2) is 10.2. The molecule has 0 bridgehead atoms. The average molecular weight is 544 g/mol. The molecule has 0 saturated carbocycles. The molecule has 182 valence electrons. The zero-order valence-corrected chi connectivity index (χ0v) is 21.9. The van der Waals surface area contributed by atoms with Crippen LogP contribution in [0.15, 0.2) is 40.6 Å². The number of sulfonamides is 1. The highest BCUT2D eigenvalue weighted by Crippen LogP contribution is 2.42. The molecule has 0 radical (unpaired) electrons. The molecule has 4 rings (SSSR count). The van der Waals surface area contributed by atoms with Gasteiger partial charge in [-0.25, -0.2) is 13.4 Å². The van der Waals surface area contributed by atoms with E-state index in [0.29, 0.717) is 48.5 Å². The maximum atomic E-state index is 13.1. The second-order valence-electron chi connectivity index (χ2n) is 7.40. The summed E-state index contributed by atoms with van der Waals surface area (Å²) in [6.07, 6.45) is 0. The molecule has 0 spiro atoms. The quantitative estimate of drug-likeness (QED) is 0.428. The van der Waals surface area contributed by atoms with Crippen molar-refractivity contribution in [3.05, 3.63) is 45.8 Å². The number of halogens is 2. The van der Waals surface area contributed by atoms with Crippen LogP contribution in [0.2, 0.25) is 10.0 Å². The summed E-state index contributed by atoms with van der Waals surface area (Å²) < 4.78 is 43.8. The first-order valence-corrected chi connectivity index (χ1v) is 13.3. The highest BCUT2D eigenvalue weighted by atomic mass is 35.5. The van der Waals surface area contributed by atoms with Crippen LogP contribution in [-0.4, -0.2) is 65.2 Å². The van der Waals surface area contributed by atoms with E-state index >= 15 is 0 Å². The number of nitrogens with zero attached hydrogens (tertiary/aromatic N) is 3. The molecule has 8 nitrogen and oxygen atoms in total. The minimum absolute atomic E-state index is 0.0611. The SMILES string of the molecule is COc1cc(-c2csc(N3CCN(S(=O)(=O)c4ccc(Cl)cc4Cl)CC3)n2)cc(OC)c1OC. The maximum Gasteiger partial charge on any atom is 0.244 e. The minimum atomic E-state index is -3.72. The van der Waals surface area contributed by atoms with Gasteiger partial charge in [0.1, 0.15) is 4.90 Å². The summed E-state index contributed by atoms with van der Waals surface area (Å²) in [6.45, 7) is 1.65. The fraction of sp³-hybridized carbons (Fsp3) is 0.318. The molecule has 0 unspecified atom stereocenters. The molecule has 2 aromatic carbocycles. The Labute approximate surface area is 212 Å². The molecule has 1 aliphatic heterocycles. The molecular formula is C22H23Cl2N3O5S2. The van der Waals surface area contributed by atoms with Crippen molar-refractivity contribution in [2.75, 3.05) is 52.4 Å². The van der Waals surface area contributed by atoms with Gasteiger partial charge in [0, 0.05) is 42.1 Å². The largest absolute Gasteiger partial charge is 0.493 e. The van der Waals surface area contributed by atoms with E-state index in [9.17, 15) is 8.42 Å². The summed E-state index contributed by atoms with van der Waals surface area (Å²) >= 11 is 13.6. The van der Waals surface area contributed by atoms with E-state index in [1.54, 1.807) is 21.3 Å². The van der Waals surface area contributed by atoms with Gasteiger partial charge in [0.15, 0.2) is 16.6 Å². The number of methoxy groups -OCH3 is 3. The van der Waals surface area contributed by atoms with Crippen LogP contribution in [0.4, 0.5) is 5.13 Å². The van der Waals surface area contributed by atoms with Crippen molar-refractivity contribution in [2.24, 2.45) is 0 Å². The van der Waals surface area contributed by atoms with E-state index in [1.807, 2.05) is 17.5 Å². The Bertz CT molecular complexity index is 1270. The van der Waals surface area contributed by atoms with Gasteiger partial charge in [0.25, 0.3) is 0 Å². The highest BCUT2D eigenvalue weighted by Gasteiger charge is 2.31. The average Bonchev–Trinajstić information content (AvgIpc) is 3.33. The van der Waals surface area contributed by atoms with E-state index in [2.05, 4.69) is 4.90 Å². The Hall–Kier alpha value is -2.24. The lowest BCUT2D eigenvalue weighted by Crippen LogP contribution is -2.48. The standard InChI is InChI=1S/C22H23Cl2N3O5S2/c1-30-18-10-14(11-19(31-2)21(18)32-3)17-13-33-22(25-17)26-6-8-27(9-7-26)34(28,29)20-5-4-15(23)12-16(20)24/h4-5,10-13H,6-9H2,1-3H3. The molecule has 0 aliphatic carbocycles. The van der Waals surface area contributed by atoms with Crippen LogP contribution in [-0.2, 0) is 10.0 Å². The van der Waals surface area contributed by atoms with Crippen LogP contribution < -0.4 is 19.1 Å². The second-order valence-corrected chi connectivity index (χ2v) is 11.0. The van der Waals surface area contributed by atoms with Crippen LogP contribution in [0.25, 0.3) is 11.3 Å². The fourth-order valence-corrected chi connectivity index (χ4v) is 6.77. The van der Waals surface area contributed by atoms with Crippen LogP contribution in [0, 0.1) is 0 Å². The number of piperazine rings is 1. The smallest absolute Gasteiger partial charge is 0.244 e. The predicted molar refractivity (Wildman–Crippen MR) is 135 cm³/mol. The van der Waals surface area contributed by atoms with Crippen molar-refractivity contribution in [3.63, 3.8) is 0 Å². The number of benzene rings is 2. The number of anilines is 1. The summed E-state index contributed by atoms with van der Waals surface area (Å²) in [5.41, 5.74) is 1.60. The van der Waals surface area contributed by atoms with Gasteiger partial charge in [-0.1, -0.05) is 23.2 Å². The Balaban J connectivity index is 1.50. The Morgan fingerprint density at radius 3 is 2.15 bits per heavy atom. The molecule has 3 aromatic rings. The number of thiazole rings is 1. The number of aromatic nitrogens is 1. The molecule has 2 heterocycles. The summed E-state index contributed by atoms with van der Waals surface area (Å²) in [4.78, 5) is 6.90. The zero-order chi connectivity index (χ0) is 24.5. The van der Waals surface area contributed by atoms with Crippen molar-refractivity contribution in [1.82, 2.24) is 9.29 Å². The van der Waals surface area contributed by atoms with Crippen LogP contribution in [0.3, 0.4) is 0 Å². The van der Waals surface area contributed by atoms with E-state index in [4.69, 9.17) is 42.4 Å². The molecule has 0 N–H and O–H groups in total. The lowest BCUT2D eigenvalue weighted by atomic mass is 10.1. The number of hydrogen-bond donors (Lipinski definition) is 0. The maximum absolute atomic E-state index is 13.1. The van der Waals surface area contributed by atoms with Crippen molar-refractivity contribution in [2.45, 2.75) is 4.90 Å². The third kappa shape index (κ3) is 4.78. The van der Waals surface area contributed by atoms with E-state index in [1.165, 1.54) is 33.8 Å². The van der Waals surface area contributed by atoms with Crippen molar-refractivity contribution in [3.8, 4) is 28.5 Å². The van der Waals surface area contributed by atoms with Crippen LogP contribution >= 0.6 is 34.5 Å². The van der Waals surface area contributed by atoms with Crippen LogP contribution in [0.5, 0.6) is 17.2 Å². The van der Waals surface area contributed by atoms with Gasteiger partial charge >= 0.3 is 0 Å². The molecule has 1 aliphatic rings. The van der Waals surface area contributed by atoms with Gasteiger partial charge in [-0.3, -0.25) is 0 Å². The molecule has 0 atom stereocenters. The van der Waals surface area contributed by atoms with Crippen LogP contribution in [0.1, 0.15) is 0 Å². The summed E-state index contributed by atoms with van der Waals surface area (Å²) in [6, 6.07) is 8.10. The monoisotopic (exact) mass is 543 g/mol. The first kappa shape index (κ1) is 24.9. The van der Waals surface area contributed by atoms with Gasteiger partial charge in [-0.2, -0.15) is 4.31 Å². The lowest BCUT2D eigenvalue weighted by Gasteiger charge is -2.33. The minimum Gasteiger partial charge on any atom is -0.493 e. The number of hydrogen-bond acceptors (Lipinski definition) is 8. The van der Waals surface area contributed by atoms with Gasteiger partial charge in [-0.15, -0.1) is 11.3 Å². The summed E-state index contributed by atoms with van der Waals surface area (Å²) in [7, 11) is 0.977. The third-order valence-corrected chi connectivity index (χ3v) is 8.99.